The average molecular weight is 423 g/mol. The summed E-state index contributed by atoms with van der Waals surface area (Å²) in [5, 5.41) is 0. The average Bonchev–Trinajstić information content (AvgIpc) is 3.21. The van der Waals surface area contributed by atoms with Crippen LogP contribution >= 0.6 is 0 Å². The van der Waals surface area contributed by atoms with Crippen molar-refractivity contribution in [1.82, 2.24) is 9.21 Å². The van der Waals surface area contributed by atoms with E-state index in [4.69, 9.17) is 4.74 Å². The number of hydrogen-bond acceptors (Lipinski definition) is 5. The van der Waals surface area contributed by atoms with Gasteiger partial charge in [0, 0.05) is 26.2 Å². The van der Waals surface area contributed by atoms with Gasteiger partial charge in [0.2, 0.25) is 10.0 Å². The van der Waals surface area contributed by atoms with Crippen molar-refractivity contribution in [3.05, 3.63) is 29.8 Å². The number of benzene rings is 1. The van der Waals surface area contributed by atoms with Gasteiger partial charge in [0.1, 0.15) is 0 Å². The molecule has 2 aliphatic rings. The summed E-state index contributed by atoms with van der Waals surface area (Å²) in [4.78, 5) is 26.5. The number of nitrogens with zero attached hydrogens (tertiary/aromatic N) is 2. The summed E-state index contributed by atoms with van der Waals surface area (Å²) < 4.78 is 32.7. The van der Waals surface area contributed by atoms with Crippen LogP contribution in [0.15, 0.2) is 29.2 Å². The second-order valence-electron chi connectivity index (χ2n) is 8.37. The fraction of sp³-hybridized carbons (Fsp3) is 0.619. The lowest BCUT2D eigenvalue weighted by molar-refractivity contribution is -0.138. The summed E-state index contributed by atoms with van der Waals surface area (Å²) in [5.74, 6) is -0.188. The maximum atomic E-state index is 12.9. The predicted molar refractivity (Wildman–Crippen MR) is 109 cm³/mol. The third-order valence-corrected chi connectivity index (χ3v) is 7.46. The van der Waals surface area contributed by atoms with Crippen molar-refractivity contribution in [3.63, 3.8) is 0 Å². The molecule has 0 aromatic heterocycles. The van der Waals surface area contributed by atoms with E-state index in [1.807, 2.05) is 0 Å². The number of esters is 1. The maximum absolute atomic E-state index is 12.9. The highest BCUT2D eigenvalue weighted by molar-refractivity contribution is 7.89. The Morgan fingerprint density at radius 1 is 1.03 bits per heavy atom. The van der Waals surface area contributed by atoms with Crippen LogP contribution in [0.4, 0.5) is 0 Å². The first kappa shape index (κ1) is 21.8. The molecule has 2 fully saturated rings. The molecule has 160 valence electrons. The van der Waals surface area contributed by atoms with Crippen molar-refractivity contribution in [3.8, 4) is 0 Å². The van der Waals surface area contributed by atoms with Gasteiger partial charge in [-0.2, -0.15) is 4.31 Å². The number of rotatable bonds is 5. The SMILES string of the molecule is C[C@H]1C[C@H](C)CN(S(=O)(=O)c2ccc(C(=O)O[C@@H](C)C(=O)N3CCCC3)cc2)C1. The zero-order valence-corrected chi connectivity index (χ0v) is 18.2. The van der Waals surface area contributed by atoms with Crippen molar-refractivity contribution in [2.75, 3.05) is 26.2 Å². The molecule has 3 rings (SSSR count). The van der Waals surface area contributed by atoms with Gasteiger partial charge in [-0.25, -0.2) is 13.2 Å². The molecule has 8 heteroatoms. The lowest BCUT2D eigenvalue weighted by Crippen LogP contribution is -2.42. The van der Waals surface area contributed by atoms with Gasteiger partial charge in [-0.15, -0.1) is 0 Å². The van der Waals surface area contributed by atoms with Crippen LogP contribution < -0.4 is 0 Å². The van der Waals surface area contributed by atoms with E-state index < -0.39 is 22.1 Å². The summed E-state index contributed by atoms with van der Waals surface area (Å²) in [6.07, 6.45) is 2.10. The van der Waals surface area contributed by atoms with E-state index in [0.717, 1.165) is 19.3 Å². The lowest BCUT2D eigenvalue weighted by Gasteiger charge is -2.34. The van der Waals surface area contributed by atoms with Gasteiger partial charge in [0.05, 0.1) is 10.5 Å². The number of ether oxygens (including phenoxy) is 1. The van der Waals surface area contributed by atoms with Gasteiger partial charge in [-0.3, -0.25) is 4.79 Å². The summed E-state index contributed by atoms with van der Waals surface area (Å²) in [6.45, 7) is 8.08. The number of likely N-dealkylation sites (tertiary alicyclic amines) is 1. The molecule has 0 N–H and O–H groups in total. The van der Waals surface area contributed by atoms with Crippen molar-refractivity contribution >= 4 is 21.9 Å². The normalized spacial score (nSPS) is 24.3. The molecular weight excluding hydrogens is 392 g/mol. The van der Waals surface area contributed by atoms with Crippen LogP contribution in [0.3, 0.4) is 0 Å². The van der Waals surface area contributed by atoms with Crippen LogP contribution in [0.5, 0.6) is 0 Å². The quantitative estimate of drug-likeness (QED) is 0.681. The molecule has 0 saturated carbocycles. The molecule has 0 radical (unpaired) electrons. The minimum atomic E-state index is -3.60. The lowest BCUT2D eigenvalue weighted by atomic mass is 9.94. The van der Waals surface area contributed by atoms with Gasteiger partial charge in [0.15, 0.2) is 6.10 Å². The van der Waals surface area contributed by atoms with E-state index in [1.165, 1.54) is 28.6 Å². The van der Waals surface area contributed by atoms with Crippen molar-refractivity contribution in [2.24, 2.45) is 11.8 Å². The Bertz CT molecular complexity index is 836. The van der Waals surface area contributed by atoms with Crippen LogP contribution in [-0.4, -0.2) is 61.8 Å². The van der Waals surface area contributed by atoms with Gasteiger partial charge in [-0.05, 0) is 62.3 Å². The highest BCUT2D eigenvalue weighted by Crippen LogP contribution is 2.27. The van der Waals surface area contributed by atoms with Crippen molar-refractivity contribution in [2.45, 2.75) is 51.0 Å². The van der Waals surface area contributed by atoms with Crippen LogP contribution in [0, 0.1) is 11.8 Å². The summed E-state index contributed by atoms with van der Waals surface area (Å²) in [6, 6.07) is 5.75. The van der Waals surface area contributed by atoms with Crippen LogP contribution in [0.1, 0.15) is 50.4 Å². The zero-order valence-electron chi connectivity index (χ0n) is 17.3. The van der Waals surface area contributed by atoms with Crippen LogP contribution in [0.25, 0.3) is 0 Å². The standard InChI is InChI=1S/C21H30N2O5S/c1-15-12-16(2)14-23(13-15)29(26,27)19-8-6-18(7-9-19)21(25)28-17(3)20(24)22-10-4-5-11-22/h6-9,15-17H,4-5,10-14H2,1-3H3/t15-,16-,17-/m0/s1. The summed E-state index contributed by atoms with van der Waals surface area (Å²) in [7, 11) is -3.60. The number of carbonyl (C=O) groups excluding carboxylic acids is 2. The highest BCUT2D eigenvalue weighted by Gasteiger charge is 2.32. The minimum absolute atomic E-state index is 0.163. The molecule has 7 nitrogen and oxygen atoms in total. The first-order valence-corrected chi connectivity index (χ1v) is 11.7. The van der Waals surface area contributed by atoms with Gasteiger partial charge < -0.3 is 9.64 Å². The molecule has 2 heterocycles. The third-order valence-electron chi connectivity index (χ3n) is 5.61. The van der Waals surface area contributed by atoms with Gasteiger partial charge >= 0.3 is 5.97 Å². The maximum Gasteiger partial charge on any atom is 0.338 e. The largest absolute Gasteiger partial charge is 0.449 e. The Morgan fingerprint density at radius 2 is 1.59 bits per heavy atom. The molecule has 2 saturated heterocycles. The molecule has 0 spiro atoms. The fourth-order valence-electron chi connectivity index (χ4n) is 4.19. The van der Waals surface area contributed by atoms with Crippen molar-refractivity contribution < 1.29 is 22.7 Å². The smallest absolute Gasteiger partial charge is 0.338 e. The number of piperidine rings is 1. The number of sulfonamides is 1. The second-order valence-corrected chi connectivity index (χ2v) is 10.3. The van der Waals surface area contributed by atoms with E-state index in [2.05, 4.69) is 13.8 Å². The third kappa shape index (κ3) is 4.98. The molecule has 0 aliphatic carbocycles. The number of hydrogen-bond donors (Lipinski definition) is 0. The van der Waals surface area contributed by atoms with Gasteiger partial charge in [0.25, 0.3) is 5.91 Å². The molecule has 29 heavy (non-hydrogen) atoms. The van der Waals surface area contributed by atoms with E-state index in [9.17, 15) is 18.0 Å². The fourth-order valence-corrected chi connectivity index (χ4v) is 5.87. The molecule has 1 aromatic rings. The first-order chi connectivity index (χ1) is 13.7. The molecule has 3 atom stereocenters. The van der Waals surface area contributed by atoms with E-state index in [1.54, 1.807) is 11.8 Å². The predicted octanol–water partition coefficient (Wildman–Crippen LogP) is 2.52. The Labute approximate surface area is 173 Å². The Morgan fingerprint density at radius 3 is 2.14 bits per heavy atom. The van der Waals surface area contributed by atoms with Crippen LogP contribution in [-0.2, 0) is 19.6 Å². The first-order valence-electron chi connectivity index (χ1n) is 10.3. The highest BCUT2D eigenvalue weighted by atomic mass is 32.2. The Kier molecular flexibility index (Phi) is 6.63. The Balaban J connectivity index is 1.66. The van der Waals surface area contributed by atoms with Crippen LogP contribution in [0.2, 0.25) is 0 Å². The monoisotopic (exact) mass is 422 g/mol. The Hall–Kier alpha value is -1.93. The minimum Gasteiger partial charge on any atom is -0.449 e. The second kappa shape index (κ2) is 8.83. The van der Waals surface area contributed by atoms with E-state index >= 15 is 0 Å². The van der Waals surface area contributed by atoms with E-state index in [-0.39, 0.29) is 16.4 Å². The molecule has 1 aromatic carbocycles. The topological polar surface area (TPSA) is 84.0 Å². The number of amides is 1. The molecule has 1 amide bonds. The molecule has 0 bridgehead atoms. The van der Waals surface area contributed by atoms with Crippen molar-refractivity contribution in [1.29, 1.82) is 0 Å². The molecular formula is C21H30N2O5S. The zero-order chi connectivity index (χ0) is 21.2. The number of carbonyl (C=O) groups is 2. The van der Waals surface area contributed by atoms with E-state index in [0.29, 0.717) is 38.0 Å². The van der Waals surface area contributed by atoms with Gasteiger partial charge in [-0.1, -0.05) is 13.8 Å². The molecule has 0 unspecified atom stereocenters. The summed E-state index contributed by atoms with van der Waals surface area (Å²) >= 11 is 0. The molecule has 2 aliphatic heterocycles. The summed E-state index contributed by atoms with van der Waals surface area (Å²) in [5.41, 5.74) is 0.227.